The summed E-state index contributed by atoms with van der Waals surface area (Å²) in [7, 11) is 1.79. The van der Waals surface area contributed by atoms with Gasteiger partial charge in [-0.15, -0.1) is 0 Å². The van der Waals surface area contributed by atoms with Crippen LogP contribution in [0.15, 0.2) is 29.1 Å². The van der Waals surface area contributed by atoms with Crippen molar-refractivity contribution >= 4 is 11.6 Å². The van der Waals surface area contributed by atoms with Gasteiger partial charge in [0.25, 0.3) is 11.5 Å². The molecule has 0 bridgehead atoms. The average molecular weight is 426 g/mol. The Morgan fingerprint density at radius 2 is 1.90 bits per heavy atom. The highest BCUT2D eigenvalue weighted by Gasteiger charge is 2.27. The topological polar surface area (TPSA) is 74.4 Å². The Balaban J connectivity index is 1.76. The van der Waals surface area contributed by atoms with E-state index in [-0.39, 0.29) is 18.0 Å². The molecule has 2 N–H and O–H groups in total. The number of aromatic amines is 1. The van der Waals surface area contributed by atoms with Crippen LogP contribution in [0.1, 0.15) is 65.3 Å². The van der Waals surface area contributed by atoms with Crippen LogP contribution in [0.4, 0.5) is 5.69 Å². The van der Waals surface area contributed by atoms with Crippen LogP contribution in [0.25, 0.3) is 0 Å². The van der Waals surface area contributed by atoms with E-state index in [1.165, 1.54) is 0 Å². The molecule has 1 aromatic carbocycles. The molecule has 2 aromatic rings. The number of amides is 1. The molecule has 0 spiro atoms. The van der Waals surface area contributed by atoms with Gasteiger partial charge >= 0.3 is 0 Å². The van der Waals surface area contributed by atoms with Crippen LogP contribution in [-0.2, 0) is 11.3 Å². The predicted molar refractivity (Wildman–Crippen MR) is 125 cm³/mol. The highest BCUT2D eigenvalue weighted by Crippen LogP contribution is 2.31. The molecule has 0 aliphatic heterocycles. The van der Waals surface area contributed by atoms with Crippen LogP contribution in [0.5, 0.6) is 0 Å². The molecule has 0 saturated heterocycles. The zero-order valence-electron chi connectivity index (χ0n) is 19.4. The number of anilines is 1. The molecule has 1 aliphatic carbocycles. The number of aromatic nitrogens is 1. The monoisotopic (exact) mass is 425 g/mol. The molecule has 0 unspecified atom stereocenters. The number of benzene rings is 1. The normalized spacial score (nSPS) is 18.6. The van der Waals surface area contributed by atoms with Gasteiger partial charge in [0.05, 0.1) is 6.10 Å². The summed E-state index contributed by atoms with van der Waals surface area (Å²) < 4.78 is 5.52. The fourth-order valence-electron chi connectivity index (χ4n) is 4.76. The van der Waals surface area contributed by atoms with Crippen molar-refractivity contribution < 1.29 is 9.53 Å². The third kappa shape index (κ3) is 5.18. The van der Waals surface area contributed by atoms with E-state index in [2.05, 4.69) is 28.2 Å². The smallest absolute Gasteiger partial charge is 0.253 e. The zero-order chi connectivity index (χ0) is 22.5. The Bertz CT molecular complexity index is 974. The van der Waals surface area contributed by atoms with Gasteiger partial charge in [0.1, 0.15) is 0 Å². The Morgan fingerprint density at radius 3 is 2.52 bits per heavy atom. The summed E-state index contributed by atoms with van der Waals surface area (Å²) in [5.74, 6) is -0.155. The molecule has 1 aromatic heterocycles. The first-order chi connectivity index (χ1) is 14.8. The minimum absolute atomic E-state index is 0.146. The van der Waals surface area contributed by atoms with Crippen LogP contribution in [0.3, 0.4) is 0 Å². The number of pyridine rings is 1. The minimum Gasteiger partial charge on any atom is -0.381 e. The van der Waals surface area contributed by atoms with E-state index in [0.29, 0.717) is 23.3 Å². The van der Waals surface area contributed by atoms with Gasteiger partial charge in [-0.3, -0.25) is 9.59 Å². The SMILES string of the molecule is CCN(c1cccc(C(=O)NCc2c(C)cc(C)[nH]c2=O)c1C)C1CCC(OC)CC1. The second kappa shape index (κ2) is 10.1. The molecule has 168 valence electrons. The number of H-pyrrole nitrogens is 1. The largest absolute Gasteiger partial charge is 0.381 e. The van der Waals surface area contributed by atoms with E-state index in [1.807, 2.05) is 39.0 Å². The summed E-state index contributed by atoms with van der Waals surface area (Å²) in [4.78, 5) is 30.5. The number of nitrogens with zero attached hydrogens (tertiary/aromatic N) is 1. The summed E-state index contributed by atoms with van der Waals surface area (Å²) in [5.41, 5.74) is 4.90. The Kier molecular flexibility index (Phi) is 7.55. The molecule has 6 nitrogen and oxygen atoms in total. The van der Waals surface area contributed by atoms with Crippen molar-refractivity contribution in [3.8, 4) is 0 Å². The maximum atomic E-state index is 13.0. The van der Waals surface area contributed by atoms with Crippen molar-refractivity contribution in [2.45, 2.75) is 72.1 Å². The van der Waals surface area contributed by atoms with Crippen LogP contribution >= 0.6 is 0 Å². The highest BCUT2D eigenvalue weighted by molar-refractivity contribution is 5.97. The second-order valence-electron chi connectivity index (χ2n) is 8.53. The van der Waals surface area contributed by atoms with Crippen LogP contribution in [-0.4, -0.2) is 36.7 Å². The van der Waals surface area contributed by atoms with E-state index in [1.54, 1.807) is 7.11 Å². The lowest BCUT2D eigenvalue weighted by molar-refractivity contribution is 0.0656. The molecule has 1 heterocycles. The number of carbonyl (C=O) groups excluding carboxylic acids is 1. The Hall–Kier alpha value is -2.60. The number of carbonyl (C=O) groups is 1. The molecular formula is C25H35N3O3. The molecule has 1 amide bonds. The molecule has 1 fully saturated rings. The quantitative estimate of drug-likeness (QED) is 0.703. The highest BCUT2D eigenvalue weighted by atomic mass is 16.5. The Morgan fingerprint density at radius 1 is 1.19 bits per heavy atom. The van der Waals surface area contributed by atoms with E-state index in [9.17, 15) is 9.59 Å². The van der Waals surface area contributed by atoms with Crippen molar-refractivity contribution in [1.29, 1.82) is 0 Å². The van der Waals surface area contributed by atoms with E-state index >= 15 is 0 Å². The average Bonchev–Trinajstić information content (AvgIpc) is 2.75. The Labute approximate surface area is 185 Å². The third-order valence-electron chi connectivity index (χ3n) is 6.54. The molecule has 1 aliphatic rings. The number of hydrogen-bond acceptors (Lipinski definition) is 4. The maximum Gasteiger partial charge on any atom is 0.253 e. The molecule has 0 atom stereocenters. The first-order valence-corrected chi connectivity index (χ1v) is 11.2. The van der Waals surface area contributed by atoms with Gasteiger partial charge < -0.3 is 19.9 Å². The molecule has 31 heavy (non-hydrogen) atoms. The van der Waals surface area contributed by atoms with Crippen LogP contribution in [0.2, 0.25) is 0 Å². The number of hydrogen-bond donors (Lipinski definition) is 2. The zero-order valence-corrected chi connectivity index (χ0v) is 19.4. The molecule has 3 rings (SSSR count). The maximum absolute atomic E-state index is 13.0. The van der Waals surface area contributed by atoms with Gasteiger partial charge in [-0.1, -0.05) is 6.07 Å². The van der Waals surface area contributed by atoms with E-state index in [0.717, 1.165) is 54.7 Å². The number of ether oxygens (including phenoxy) is 1. The van der Waals surface area contributed by atoms with E-state index in [4.69, 9.17) is 4.74 Å². The summed E-state index contributed by atoms with van der Waals surface area (Å²) in [6, 6.07) is 8.29. The lowest BCUT2D eigenvalue weighted by Gasteiger charge is -2.38. The van der Waals surface area contributed by atoms with Gasteiger partial charge in [0.2, 0.25) is 0 Å². The molecule has 6 heteroatoms. The first kappa shape index (κ1) is 23.1. The molecule has 0 radical (unpaired) electrons. The van der Waals surface area contributed by atoms with Crippen molar-refractivity contribution in [2.24, 2.45) is 0 Å². The number of rotatable bonds is 7. The van der Waals surface area contributed by atoms with Crippen molar-refractivity contribution in [2.75, 3.05) is 18.6 Å². The van der Waals surface area contributed by atoms with Gasteiger partial charge in [-0.25, -0.2) is 0 Å². The van der Waals surface area contributed by atoms with Gasteiger partial charge in [0.15, 0.2) is 0 Å². The fourth-order valence-corrected chi connectivity index (χ4v) is 4.76. The van der Waals surface area contributed by atoms with E-state index < -0.39 is 0 Å². The van der Waals surface area contributed by atoms with Crippen LogP contribution in [0, 0.1) is 20.8 Å². The van der Waals surface area contributed by atoms with Crippen LogP contribution < -0.4 is 15.8 Å². The predicted octanol–water partition coefficient (Wildman–Crippen LogP) is 4.01. The first-order valence-electron chi connectivity index (χ1n) is 11.2. The van der Waals surface area contributed by atoms with Gasteiger partial charge in [0, 0.05) is 48.7 Å². The number of aryl methyl sites for hydroxylation is 2. The standard InChI is InChI=1S/C25H35N3O3/c1-6-28(19-10-12-20(31-5)13-11-19)23-9-7-8-21(18(23)4)24(29)26-15-22-16(2)14-17(3)27-25(22)30/h7-9,14,19-20H,6,10-13,15H2,1-5H3,(H,26,29)(H,27,30). The summed E-state index contributed by atoms with van der Waals surface area (Å²) in [6.45, 7) is 9.03. The van der Waals surface area contributed by atoms with Crippen molar-refractivity contribution in [1.82, 2.24) is 10.3 Å². The molecule has 1 saturated carbocycles. The number of nitrogens with one attached hydrogen (secondary N) is 2. The lowest BCUT2D eigenvalue weighted by atomic mass is 9.91. The minimum atomic E-state index is -0.155. The summed E-state index contributed by atoms with van der Waals surface area (Å²) >= 11 is 0. The second-order valence-corrected chi connectivity index (χ2v) is 8.53. The fraction of sp³-hybridized carbons (Fsp3) is 0.520. The van der Waals surface area contributed by atoms with Gasteiger partial charge in [-0.05, 0) is 82.7 Å². The lowest BCUT2D eigenvalue weighted by Crippen LogP contribution is -2.40. The molecular weight excluding hydrogens is 390 g/mol. The third-order valence-corrected chi connectivity index (χ3v) is 6.54. The van der Waals surface area contributed by atoms with Crippen molar-refractivity contribution in [3.05, 3.63) is 62.6 Å². The summed E-state index contributed by atoms with van der Waals surface area (Å²) in [6.07, 6.45) is 4.69. The van der Waals surface area contributed by atoms with Crippen molar-refractivity contribution in [3.63, 3.8) is 0 Å². The number of methoxy groups -OCH3 is 1. The summed E-state index contributed by atoms with van der Waals surface area (Å²) in [5, 5.41) is 2.94. The van der Waals surface area contributed by atoms with Gasteiger partial charge in [-0.2, -0.15) is 0 Å².